The number of aromatic nitrogens is 9. The molecule has 9 heteroatoms. The van der Waals surface area contributed by atoms with E-state index in [1.54, 1.807) is 0 Å². The van der Waals surface area contributed by atoms with Crippen molar-refractivity contribution in [1.82, 2.24) is 43.2 Å². The maximum absolute atomic E-state index is 5.91. The SMILES string of the molecule is CC1(C)c2ccccc2-c2c(-n3c4ccccc4c4cc5c6c(-c7ccc8nc(-n9c%10ccccc%10c%10cc%11c%12ccccc%12n(-c%12cccc%13ccccc%12%13)c%11cc%109)nc(-c9cccc%10ccccc9%10)c8c7)cccc6n(-c6nc(-c7ccccc7)nc(-c7ccccc7)n6)c5cc43)cccc21. The summed E-state index contributed by atoms with van der Waals surface area (Å²) in [5.74, 6) is 2.27. The van der Waals surface area contributed by atoms with Crippen LogP contribution in [-0.2, 0) is 5.41 Å². The van der Waals surface area contributed by atoms with Crippen LogP contribution in [0.5, 0.6) is 0 Å². The van der Waals surface area contributed by atoms with Gasteiger partial charge in [-0.05, 0) is 117 Å². The molecule has 0 atom stereocenters. The Labute approximate surface area is 590 Å². The molecular weight excluding hydrogens is 1260 g/mol. The summed E-state index contributed by atoms with van der Waals surface area (Å²) in [6.45, 7) is 4.72. The Kier molecular flexibility index (Phi) is 12.1. The van der Waals surface area contributed by atoms with Crippen LogP contribution in [0.4, 0.5) is 0 Å². The van der Waals surface area contributed by atoms with Gasteiger partial charge >= 0.3 is 0 Å². The molecule has 6 aromatic heterocycles. The van der Waals surface area contributed by atoms with E-state index < -0.39 is 0 Å². The van der Waals surface area contributed by atoms with E-state index in [1.807, 2.05) is 36.4 Å². The number of nitrogens with zero attached hydrogens (tertiary/aromatic N) is 9. The van der Waals surface area contributed by atoms with Crippen molar-refractivity contribution in [2.45, 2.75) is 19.3 Å². The molecule has 22 rings (SSSR count). The third kappa shape index (κ3) is 8.33. The molecule has 15 aromatic carbocycles. The van der Waals surface area contributed by atoms with Gasteiger partial charge in [-0.3, -0.25) is 9.13 Å². The normalized spacial score (nSPS) is 12.8. The summed E-state index contributed by atoms with van der Waals surface area (Å²) < 4.78 is 9.52. The monoisotopic (exact) mass is 1310 g/mol. The molecule has 0 N–H and O–H groups in total. The molecular formula is C94H59N9. The lowest BCUT2D eigenvalue weighted by Gasteiger charge is -2.22. The second-order valence-electron chi connectivity index (χ2n) is 27.9. The van der Waals surface area contributed by atoms with Gasteiger partial charge in [0.15, 0.2) is 11.6 Å². The lowest BCUT2D eigenvalue weighted by Crippen LogP contribution is -2.14. The van der Waals surface area contributed by atoms with Gasteiger partial charge in [-0.2, -0.15) is 9.97 Å². The number of rotatable bonds is 8. The highest BCUT2D eigenvalue weighted by Crippen LogP contribution is 2.53. The van der Waals surface area contributed by atoms with Crippen LogP contribution in [0.25, 0.3) is 199 Å². The molecule has 21 aromatic rings. The molecule has 480 valence electrons. The molecule has 103 heavy (non-hydrogen) atoms. The van der Waals surface area contributed by atoms with E-state index >= 15 is 0 Å². The van der Waals surface area contributed by atoms with E-state index in [1.165, 1.54) is 43.8 Å². The molecule has 0 saturated heterocycles. The van der Waals surface area contributed by atoms with Crippen molar-refractivity contribution in [2.75, 3.05) is 0 Å². The molecule has 0 saturated carbocycles. The summed E-state index contributed by atoms with van der Waals surface area (Å²) in [5, 5.41) is 14.6. The second kappa shape index (κ2) is 21.7. The van der Waals surface area contributed by atoms with Crippen molar-refractivity contribution >= 4 is 120 Å². The molecule has 0 radical (unpaired) electrons. The average molecular weight is 1310 g/mol. The van der Waals surface area contributed by atoms with Crippen molar-refractivity contribution in [3.05, 3.63) is 333 Å². The van der Waals surface area contributed by atoms with Crippen molar-refractivity contribution < 1.29 is 0 Å². The van der Waals surface area contributed by atoms with Crippen molar-refractivity contribution in [1.29, 1.82) is 0 Å². The van der Waals surface area contributed by atoms with E-state index in [9.17, 15) is 0 Å². The molecule has 0 bridgehead atoms. The average Bonchev–Trinajstić information content (AvgIpc) is 1.56. The quantitative estimate of drug-likeness (QED) is 0.151. The van der Waals surface area contributed by atoms with Crippen molar-refractivity contribution in [2.24, 2.45) is 0 Å². The van der Waals surface area contributed by atoms with Crippen LogP contribution < -0.4 is 0 Å². The van der Waals surface area contributed by atoms with Gasteiger partial charge in [0, 0.05) is 81.5 Å². The number of hydrogen-bond acceptors (Lipinski definition) is 5. The first-order valence-electron chi connectivity index (χ1n) is 35.2. The van der Waals surface area contributed by atoms with Gasteiger partial charge in [0.05, 0.1) is 66.7 Å². The highest BCUT2D eigenvalue weighted by molar-refractivity contribution is 6.24. The smallest absolute Gasteiger partial charge is 0.238 e. The van der Waals surface area contributed by atoms with E-state index in [4.69, 9.17) is 24.9 Å². The van der Waals surface area contributed by atoms with Crippen LogP contribution >= 0.6 is 0 Å². The van der Waals surface area contributed by atoms with Crippen molar-refractivity contribution in [3.8, 4) is 79.6 Å². The summed E-state index contributed by atoms with van der Waals surface area (Å²) in [5.41, 5.74) is 22.2. The third-order valence-corrected chi connectivity index (χ3v) is 22.0. The minimum Gasteiger partial charge on any atom is -0.309 e. The fourth-order valence-electron chi connectivity index (χ4n) is 17.4. The van der Waals surface area contributed by atoms with E-state index in [-0.39, 0.29) is 5.41 Å². The first-order chi connectivity index (χ1) is 50.9. The van der Waals surface area contributed by atoms with E-state index in [0.29, 0.717) is 23.5 Å². The summed E-state index contributed by atoms with van der Waals surface area (Å²) in [6.07, 6.45) is 0. The van der Waals surface area contributed by atoms with E-state index in [2.05, 4.69) is 317 Å². The van der Waals surface area contributed by atoms with Gasteiger partial charge in [0.25, 0.3) is 0 Å². The molecule has 1 aliphatic carbocycles. The van der Waals surface area contributed by atoms with Crippen LogP contribution in [0.3, 0.4) is 0 Å². The second-order valence-corrected chi connectivity index (χ2v) is 27.9. The van der Waals surface area contributed by atoms with Crippen LogP contribution in [0.1, 0.15) is 25.0 Å². The maximum atomic E-state index is 5.91. The Morgan fingerprint density at radius 1 is 0.252 bits per heavy atom. The van der Waals surface area contributed by atoms with Gasteiger partial charge in [0.2, 0.25) is 11.9 Å². The Morgan fingerprint density at radius 3 is 1.40 bits per heavy atom. The fourth-order valence-corrected chi connectivity index (χ4v) is 17.4. The summed E-state index contributed by atoms with van der Waals surface area (Å²) in [4.78, 5) is 27.9. The zero-order valence-electron chi connectivity index (χ0n) is 56.1. The molecule has 0 fully saturated rings. The standard InChI is InChI=1S/C94H59N9/c1-94(2)74-41-17-13-38-68(74)88-75(94)42-24-48-82(88)101-79-44-19-15-36-65(79)71-53-73-86(55-84(71)101)103(93-98-90(58-27-5-3-6-28-58)97-91(99-93)59-29-7-4-8-30-59)81-47-23-39-63(87(73)81)60-49-50-76-72(51-60)89(67-40-21-31-56-25-9-11-33-61(56)67)96-92(95-76)102-80-45-20-16-37-66(80)70-52-69-64-35-14-18-43-78(64)100(83(69)54-85(70)102)77-46-22-32-57-26-10-12-34-62(57)77/h3-55H,1-2H3. The van der Waals surface area contributed by atoms with Crippen molar-refractivity contribution in [3.63, 3.8) is 0 Å². The first kappa shape index (κ1) is 57.3. The molecule has 9 nitrogen and oxygen atoms in total. The number of benzene rings is 15. The van der Waals surface area contributed by atoms with Crippen LogP contribution in [0, 0.1) is 0 Å². The zero-order chi connectivity index (χ0) is 67.8. The van der Waals surface area contributed by atoms with Crippen LogP contribution in [0.2, 0.25) is 0 Å². The summed E-state index contributed by atoms with van der Waals surface area (Å²) in [6, 6.07) is 116. The Hall–Kier alpha value is -13.6. The Balaban J connectivity index is 0.817. The summed E-state index contributed by atoms with van der Waals surface area (Å²) >= 11 is 0. The zero-order valence-corrected chi connectivity index (χ0v) is 56.1. The van der Waals surface area contributed by atoms with Gasteiger partial charge < -0.3 is 9.13 Å². The predicted octanol–water partition coefficient (Wildman–Crippen LogP) is 23.5. The van der Waals surface area contributed by atoms with Gasteiger partial charge in [-0.15, -0.1) is 0 Å². The van der Waals surface area contributed by atoms with Crippen LogP contribution in [-0.4, -0.2) is 43.2 Å². The first-order valence-corrected chi connectivity index (χ1v) is 35.2. The Bertz CT molecular complexity index is 7140. The molecule has 0 unspecified atom stereocenters. The fraction of sp³-hybridized carbons (Fsp3) is 0.0319. The molecule has 0 spiro atoms. The number of hydrogen-bond donors (Lipinski definition) is 0. The number of fused-ring (bicyclic) bond motifs is 18. The minimum absolute atomic E-state index is 0.196. The Morgan fingerprint density at radius 2 is 0.709 bits per heavy atom. The molecule has 6 heterocycles. The summed E-state index contributed by atoms with van der Waals surface area (Å²) in [7, 11) is 0. The predicted molar refractivity (Wildman–Crippen MR) is 425 cm³/mol. The molecule has 1 aliphatic rings. The maximum Gasteiger partial charge on any atom is 0.238 e. The topological polar surface area (TPSA) is 84.2 Å². The number of para-hydroxylation sites is 3. The lowest BCUT2D eigenvalue weighted by molar-refractivity contribution is 0.660. The van der Waals surface area contributed by atoms with Gasteiger partial charge in [0.1, 0.15) is 0 Å². The highest BCUT2D eigenvalue weighted by Gasteiger charge is 2.38. The van der Waals surface area contributed by atoms with E-state index in [0.717, 1.165) is 143 Å². The lowest BCUT2D eigenvalue weighted by atomic mass is 9.82. The third-order valence-electron chi connectivity index (χ3n) is 22.0. The highest BCUT2D eigenvalue weighted by atomic mass is 15.2. The largest absolute Gasteiger partial charge is 0.309 e. The molecule has 0 aliphatic heterocycles. The van der Waals surface area contributed by atoms with Crippen LogP contribution in [0.15, 0.2) is 322 Å². The van der Waals surface area contributed by atoms with Gasteiger partial charge in [-0.1, -0.05) is 263 Å². The minimum atomic E-state index is -0.196. The van der Waals surface area contributed by atoms with Gasteiger partial charge in [-0.25, -0.2) is 15.0 Å². The molecule has 0 amide bonds.